The molecule has 1 rings (SSSR count). The van der Waals surface area contributed by atoms with Gasteiger partial charge in [-0.3, -0.25) is 0 Å². The summed E-state index contributed by atoms with van der Waals surface area (Å²) in [6.07, 6.45) is 0. The Morgan fingerprint density at radius 3 is 1.92 bits per heavy atom. The third kappa shape index (κ3) is 2.81. The van der Waals surface area contributed by atoms with Crippen molar-refractivity contribution in [3.05, 3.63) is 29.8 Å². The molecule has 1 N–H and O–H groups in total. The summed E-state index contributed by atoms with van der Waals surface area (Å²) in [6.45, 7) is 6.26. The Labute approximate surface area is 96.1 Å². The van der Waals surface area contributed by atoms with E-state index >= 15 is 0 Å². The molecule has 0 bridgehead atoms. The molecule has 0 heterocycles. The SMILES string of the molecule is CC(C)(C)c1ccccc1O.[NaH]. The minimum atomic E-state index is 0. The number of rotatable bonds is 0. The second-order valence-electron chi connectivity index (χ2n) is 3.77. The molecule has 0 spiro atoms. The van der Waals surface area contributed by atoms with Gasteiger partial charge in [-0.15, -0.1) is 0 Å². The molecule has 0 aliphatic rings. The standard InChI is InChI=1S/C10H14O.Na.H/c1-10(2,3)8-6-4-5-7-9(8)11;;/h4-7,11H,1-3H3;;. The zero-order chi connectivity index (χ0) is 8.48. The summed E-state index contributed by atoms with van der Waals surface area (Å²) in [6, 6.07) is 7.46. The van der Waals surface area contributed by atoms with E-state index in [2.05, 4.69) is 20.8 Å². The molecule has 0 amide bonds. The average Bonchev–Trinajstić information content (AvgIpc) is 1.86. The first-order chi connectivity index (χ1) is 5.02. The Bertz CT molecular complexity index is 250. The van der Waals surface area contributed by atoms with E-state index in [0.717, 1.165) is 5.56 Å². The van der Waals surface area contributed by atoms with Crippen LogP contribution < -0.4 is 0 Å². The predicted octanol–water partition coefficient (Wildman–Crippen LogP) is 2.04. The molecule has 0 saturated carbocycles. The van der Waals surface area contributed by atoms with Crippen LogP contribution in [0.15, 0.2) is 24.3 Å². The van der Waals surface area contributed by atoms with E-state index in [1.807, 2.05) is 18.2 Å². The van der Waals surface area contributed by atoms with Crippen LogP contribution in [0.3, 0.4) is 0 Å². The van der Waals surface area contributed by atoms with Crippen LogP contribution in [0, 0.1) is 0 Å². The molecule has 0 aliphatic carbocycles. The van der Waals surface area contributed by atoms with Gasteiger partial charge >= 0.3 is 29.6 Å². The van der Waals surface area contributed by atoms with E-state index in [4.69, 9.17) is 0 Å². The number of para-hydroxylation sites is 1. The van der Waals surface area contributed by atoms with Gasteiger partial charge in [0, 0.05) is 0 Å². The van der Waals surface area contributed by atoms with E-state index in [9.17, 15) is 5.11 Å². The summed E-state index contributed by atoms with van der Waals surface area (Å²) in [4.78, 5) is 0. The molecule has 12 heavy (non-hydrogen) atoms. The molecule has 1 aromatic carbocycles. The average molecular weight is 174 g/mol. The van der Waals surface area contributed by atoms with Crippen molar-refractivity contribution in [3.8, 4) is 5.75 Å². The summed E-state index contributed by atoms with van der Waals surface area (Å²) in [5.74, 6) is 0.389. The van der Waals surface area contributed by atoms with Crippen LogP contribution in [-0.4, -0.2) is 34.7 Å². The Morgan fingerprint density at radius 2 is 1.58 bits per heavy atom. The monoisotopic (exact) mass is 174 g/mol. The maximum atomic E-state index is 9.45. The van der Waals surface area contributed by atoms with Crippen LogP contribution in [-0.2, 0) is 5.41 Å². The molecule has 0 radical (unpaired) electrons. The minimum absolute atomic E-state index is 0. The molecule has 0 atom stereocenters. The fourth-order valence-electron chi connectivity index (χ4n) is 1.11. The number of aromatic hydroxyl groups is 1. The second kappa shape index (κ2) is 4.31. The van der Waals surface area contributed by atoms with Crippen LogP contribution in [0.25, 0.3) is 0 Å². The molecule has 0 saturated heterocycles. The summed E-state index contributed by atoms with van der Waals surface area (Å²) < 4.78 is 0. The van der Waals surface area contributed by atoms with Crippen molar-refractivity contribution in [2.24, 2.45) is 0 Å². The summed E-state index contributed by atoms with van der Waals surface area (Å²) in [5.41, 5.74) is 1.03. The van der Waals surface area contributed by atoms with Crippen molar-refractivity contribution in [3.63, 3.8) is 0 Å². The topological polar surface area (TPSA) is 20.2 Å². The van der Waals surface area contributed by atoms with Crippen molar-refractivity contribution in [2.75, 3.05) is 0 Å². The first kappa shape index (κ1) is 12.0. The third-order valence-electron chi connectivity index (χ3n) is 1.71. The molecule has 62 valence electrons. The Kier molecular flexibility index (Phi) is 4.32. The molecule has 0 unspecified atom stereocenters. The van der Waals surface area contributed by atoms with E-state index in [-0.39, 0.29) is 35.0 Å². The van der Waals surface area contributed by atoms with Gasteiger partial charge < -0.3 is 5.11 Å². The van der Waals surface area contributed by atoms with Crippen LogP contribution in [0.5, 0.6) is 5.75 Å². The van der Waals surface area contributed by atoms with Gasteiger partial charge in [0.2, 0.25) is 0 Å². The van der Waals surface area contributed by atoms with Gasteiger partial charge in [-0.2, -0.15) is 0 Å². The fraction of sp³-hybridized carbons (Fsp3) is 0.400. The summed E-state index contributed by atoms with van der Waals surface area (Å²) >= 11 is 0. The first-order valence-corrected chi connectivity index (χ1v) is 3.80. The molecular formula is C10H15NaO. The number of hydrogen-bond donors (Lipinski definition) is 1. The van der Waals surface area contributed by atoms with Crippen LogP contribution in [0.4, 0.5) is 0 Å². The maximum absolute atomic E-state index is 9.45. The number of phenolic OH excluding ortho intramolecular Hbond substituents is 1. The first-order valence-electron chi connectivity index (χ1n) is 3.80. The normalized spacial score (nSPS) is 10.6. The van der Waals surface area contributed by atoms with Gasteiger partial charge in [-0.05, 0) is 17.0 Å². The van der Waals surface area contributed by atoms with Crippen molar-refractivity contribution >= 4 is 29.6 Å². The van der Waals surface area contributed by atoms with E-state index in [1.54, 1.807) is 6.07 Å². The molecule has 0 aliphatic heterocycles. The van der Waals surface area contributed by atoms with Gasteiger partial charge in [0.15, 0.2) is 0 Å². The molecule has 0 fully saturated rings. The zero-order valence-corrected chi connectivity index (χ0v) is 7.26. The van der Waals surface area contributed by atoms with Crippen LogP contribution in [0.1, 0.15) is 26.3 Å². The van der Waals surface area contributed by atoms with Gasteiger partial charge in [0.25, 0.3) is 0 Å². The number of phenols is 1. The number of benzene rings is 1. The summed E-state index contributed by atoms with van der Waals surface area (Å²) in [5, 5.41) is 9.45. The van der Waals surface area contributed by atoms with Gasteiger partial charge in [-0.25, -0.2) is 0 Å². The summed E-state index contributed by atoms with van der Waals surface area (Å²) in [7, 11) is 0. The van der Waals surface area contributed by atoms with Gasteiger partial charge in [0.1, 0.15) is 5.75 Å². The Hall–Kier alpha value is 0.0200. The van der Waals surface area contributed by atoms with Gasteiger partial charge in [0.05, 0.1) is 0 Å². The predicted molar refractivity (Wildman–Crippen MR) is 54.0 cm³/mol. The van der Waals surface area contributed by atoms with Crippen LogP contribution >= 0.6 is 0 Å². The molecule has 1 aromatic rings. The van der Waals surface area contributed by atoms with Gasteiger partial charge in [-0.1, -0.05) is 39.0 Å². The Morgan fingerprint density at radius 1 is 1.08 bits per heavy atom. The molecular weight excluding hydrogens is 159 g/mol. The quantitative estimate of drug-likeness (QED) is 0.597. The molecule has 1 nitrogen and oxygen atoms in total. The third-order valence-corrected chi connectivity index (χ3v) is 1.71. The Balaban J connectivity index is 0.00000121. The zero-order valence-electron chi connectivity index (χ0n) is 7.26. The number of hydrogen-bond acceptors (Lipinski definition) is 1. The van der Waals surface area contributed by atoms with Crippen molar-refractivity contribution in [1.82, 2.24) is 0 Å². The van der Waals surface area contributed by atoms with Crippen LogP contribution in [0.2, 0.25) is 0 Å². The fourth-order valence-corrected chi connectivity index (χ4v) is 1.11. The van der Waals surface area contributed by atoms with Crippen molar-refractivity contribution in [1.29, 1.82) is 0 Å². The van der Waals surface area contributed by atoms with E-state index < -0.39 is 0 Å². The van der Waals surface area contributed by atoms with Crippen molar-refractivity contribution < 1.29 is 5.11 Å². The van der Waals surface area contributed by atoms with Crippen molar-refractivity contribution in [2.45, 2.75) is 26.2 Å². The van der Waals surface area contributed by atoms with E-state index in [1.165, 1.54) is 0 Å². The second-order valence-corrected chi connectivity index (χ2v) is 3.77. The molecule has 0 aromatic heterocycles. The molecule has 2 heteroatoms. The van der Waals surface area contributed by atoms with E-state index in [0.29, 0.717) is 5.75 Å².